The fourth-order valence-corrected chi connectivity index (χ4v) is 2.68. The molecular formula is C17H24O3. The molecule has 1 aliphatic rings. The van der Waals surface area contributed by atoms with Crippen molar-refractivity contribution >= 4 is 5.78 Å². The minimum atomic E-state index is -0.431. The number of hydrogen-bond donors (Lipinski definition) is 1. The van der Waals surface area contributed by atoms with Crippen molar-refractivity contribution in [3.63, 3.8) is 0 Å². The third-order valence-electron chi connectivity index (χ3n) is 3.94. The van der Waals surface area contributed by atoms with Crippen molar-refractivity contribution in [1.29, 1.82) is 0 Å². The lowest BCUT2D eigenvalue weighted by atomic mass is 9.89. The van der Waals surface area contributed by atoms with Crippen molar-refractivity contribution in [1.82, 2.24) is 0 Å². The van der Waals surface area contributed by atoms with Crippen LogP contribution in [0.2, 0.25) is 0 Å². The zero-order chi connectivity index (χ0) is 14.4. The molecule has 1 fully saturated rings. The van der Waals surface area contributed by atoms with Crippen LogP contribution >= 0.6 is 0 Å². The third kappa shape index (κ3) is 4.07. The van der Waals surface area contributed by atoms with Gasteiger partial charge in [-0.15, -0.1) is 0 Å². The van der Waals surface area contributed by atoms with E-state index in [1.807, 2.05) is 24.3 Å². The van der Waals surface area contributed by atoms with Crippen LogP contribution in [0.3, 0.4) is 0 Å². The molecule has 2 rings (SSSR count). The van der Waals surface area contributed by atoms with E-state index in [1.165, 1.54) is 0 Å². The molecule has 2 unspecified atom stereocenters. The van der Waals surface area contributed by atoms with Crippen molar-refractivity contribution < 1.29 is 14.6 Å². The van der Waals surface area contributed by atoms with Crippen LogP contribution in [-0.4, -0.2) is 17.5 Å². The van der Waals surface area contributed by atoms with Crippen LogP contribution in [0.5, 0.6) is 5.75 Å². The van der Waals surface area contributed by atoms with E-state index in [1.54, 1.807) is 0 Å². The van der Waals surface area contributed by atoms with Gasteiger partial charge in [0.05, 0.1) is 18.6 Å². The number of hydrogen-bond acceptors (Lipinski definition) is 3. The molecule has 1 aromatic carbocycles. The summed E-state index contributed by atoms with van der Waals surface area (Å²) in [5, 5.41) is 9.99. The summed E-state index contributed by atoms with van der Waals surface area (Å²) in [4.78, 5) is 11.8. The number of benzene rings is 1. The van der Waals surface area contributed by atoms with Gasteiger partial charge in [-0.3, -0.25) is 4.79 Å². The van der Waals surface area contributed by atoms with Gasteiger partial charge in [0, 0.05) is 6.42 Å². The molecule has 3 heteroatoms. The molecule has 0 bridgehead atoms. The van der Waals surface area contributed by atoms with E-state index in [0.717, 1.165) is 43.4 Å². The SMILES string of the molecule is CCCC(O)c1cccc(OCC2CCCCC2=O)c1. The van der Waals surface area contributed by atoms with Gasteiger partial charge in [-0.1, -0.05) is 31.9 Å². The quantitative estimate of drug-likeness (QED) is 0.862. The fraction of sp³-hybridized carbons (Fsp3) is 0.588. The Morgan fingerprint density at radius 2 is 2.25 bits per heavy atom. The average molecular weight is 276 g/mol. The fourth-order valence-electron chi connectivity index (χ4n) is 2.68. The molecule has 0 heterocycles. The first-order valence-electron chi connectivity index (χ1n) is 7.64. The summed E-state index contributed by atoms with van der Waals surface area (Å²) < 4.78 is 5.75. The molecule has 3 nitrogen and oxygen atoms in total. The maximum absolute atomic E-state index is 11.8. The summed E-state index contributed by atoms with van der Waals surface area (Å²) in [5.74, 6) is 1.13. The molecule has 0 spiro atoms. The van der Waals surface area contributed by atoms with Gasteiger partial charge < -0.3 is 9.84 Å². The van der Waals surface area contributed by atoms with Crippen LogP contribution in [0.4, 0.5) is 0 Å². The van der Waals surface area contributed by atoms with E-state index in [-0.39, 0.29) is 5.92 Å². The van der Waals surface area contributed by atoms with Crippen molar-refractivity contribution in [2.75, 3.05) is 6.61 Å². The van der Waals surface area contributed by atoms with E-state index in [0.29, 0.717) is 18.8 Å². The molecule has 0 aliphatic heterocycles. The van der Waals surface area contributed by atoms with Crippen molar-refractivity contribution in [3.8, 4) is 5.75 Å². The highest BCUT2D eigenvalue weighted by Gasteiger charge is 2.22. The van der Waals surface area contributed by atoms with Gasteiger partial charge in [0.2, 0.25) is 0 Å². The molecule has 20 heavy (non-hydrogen) atoms. The maximum Gasteiger partial charge on any atom is 0.139 e. The van der Waals surface area contributed by atoms with Crippen LogP contribution in [0.25, 0.3) is 0 Å². The van der Waals surface area contributed by atoms with Gasteiger partial charge in [-0.2, -0.15) is 0 Å². The molecule has 110 valence electrons. The highest BCUT2D eigenvalue weighted by molar-refractivity contribution is 5.81. The zero-order valence-corrected chi connectivity index (χ0v) is 12.2. The Bertz CT molecular complexity index is 442. The summed E-state index contributed by atoms with van der Waals surface area (Å²) in [6.45, 7) is 2.52. The van der Waals surface area contributed by atoms with Crippen LogP contribution in [0.15, 0.2) is 24.3 Å². The van der Waals surface area contributed by atoms with Gasteiger partial charge in [-0.25, -0.2) is 0 Å². The normalized spacial score (nSPS) is 20.7. The number of Topliss-reactive ketones (excluding diaryl/α,β-unsaturated/α-hetero) is 1. The Kier molecular flexibility index (Phi) is 5.60. The van der Waals surface area contributed by atoms with Crippen LogP contribution in [0.1, 0.15) is 57.1 Å². The topological polar surface area (TPSA) is 46.5 Å². The number of ether oxygens (including phenoxy) is 1. The minimum absolute atomic E-state index is 0.0490. The second kappa shape index (κ2) is 7.44. The molecule has 0 saturated heterocycles. The lowest BCUT2D eigenvalue weighted by molar-refractivity contribution is -0.125. The summed E-state index contributed by atoms with van der Waals surface area (Å²) >= 11 is 0. The molecule has 0 radical (unpaired) electrons. The van der Waals surface area contributed by atoms with Gasteiger partial charge in [-0.05, 0) is 37.0 Å². The Morgan fingerprint density at radius 3 is 3.00 bits per heavy atom. The molecule has 1 aromatic rings. The number of ketones is 1. The summed E-state index contributed by atoms with van der Waals surface area (Å²) in [6.07, 6.45) is 5.05. The van der Waals surface area contributed by atoms with Crippen molar-refractivity contribution in [3.05, 3.63) is 29.8 Å². The number of aliphatic hydroxyl groups excluding tert-OH is 1. The van der Waals surface area contributed by atoms with E-state index in [4.69, 9.17) is 4.74 Å². The van der Waals surface area contributed by atoms with Crippen LogP contribution in [-0.2, 0) is 4.79 Å². The van der Waals surface area contributed by atoms with Gasteiger partial charge in [0.25, 0.3) is 0 Å². The smallest absolute Gasteiger partial charge is 0.139 e. The first-order valence-corrected chi connectivity index (χ1v) is 7.64. The van der Waals surface area contributed by atoms with Gasteiger partial charge >= 0.3 is 0 Å². The monoisotopic (exact) mass is 276 g/mol. The molecule has 1 N–H and O–H groups in total. The standard InChI is InChI=1S/C17H24O3/c1-2-6-16(18)13-8-5-9-15(11-13)20-12-14-7-3-4-10-17(14)19/h5,8-9,11,14,16,18H,2-4,6-7,10,12H2,1H3. The van der Waals surface area contributed by atoms with Crippen LogP contribution in [0, 0.1) is 5.92 Å². The number of rotatable bonds is 6. The first-order chi connectivity index (χ1) is 9.70. The minimum Gasteiger partial charge on any atom is -0.493 e. The molecule has 0 amide bonds. The molecule has 0 aromatic heterocycles. The molecular weight excluding hydrogens is 252 g/mol. The van der Waals surface area contributed by atoms with E-state index in [9.17, 15) is 9.90 Å². The van der Waals surface area contributed by atoms with E-state index in [2.05, 4.69) is 6.92 Å². The van der Waals surface area contributed by atoms with E-state index >= 15 is 0 Å². The number of aliphatic hydroxyl groups is 1. The third-order valence-corrected chi connectivity index (χ3v) is 3.94. The van der Waals surface area contributed by atoms with Gasteiger partial charge in [0.15, 0.2) is 0 Å². The maximum atomic E-state index is 11.8. The largest absolute Gasteiger partial charge is 0.493 e. The zero-order valence-electron chi connectivity index (χ0n) is 12.2. The Morgan fingerprint density at radius 1 is 1.40 bits per heavy atom. The predicted octanol–water partition coefficient (Wildman–Crippen LogP) is 3.66. The lowest BCUT2D eigenvalue weighted by Gasteiger charge is -2.21. The molecule has 2 atom stereocenters. The summed E-state index contributed by atoms with van der Waals surface area (Å²) in [7, 11) is 0. The number of carbonyl (C=O) groups is 1. The second-order valence-electron chi connectivity index (χ2n) is 5.60. The lowest BCUT2D eigenvalue weighted by Crippen LogP contribution is -2.25. The highest BCUT2D eigenvalue weighted by atomic mass is 16.5. The van der Waals surface area contributed by atoms with Crippen molar-refractivity contribution in [2.45, 2.75) is 51.6 Å². The van der Waals surface area contributed by atoms with Crippen LogP contribution < -0.4 is 4.74 Å². The summed E-state index contributed by atoms with van der Waals surface area (Å²) in [6, 6.07) is 7.58. The summed E-state index contributed by atoms with van der Waals surface area (Å²) in [5.41, 5.74) is 0.888. The van der Waals surface area contributed by atoms with E-state index < -0.39 is 6.10 Å². The molecule has 1 saturated carbocycles. The number of carbonyl (C=O) groups excluding carboxylic acids is 1. The Labute approximate surface area is 121 Å². The second-order valence-corrected chi connectivity index (χ2v) is 5.60. The Balaban J connectivity index is 1.92. The highest BCUT2D eigenvalue weighted by Crippen LogP contribution is 2.25. The van der Waals surface area contributed by atoms with Crippen molar-refractivity contribution in [2.24, 2.45) is 5.92 Å². The van der Waals surface area contributed by atoms with Gasteiger partial charge in [0.1, 0.15) is 11.5 Å². The average Bonchev–Trinajstić information content (AvgIpc) is 2.47. The Hall–Kier alpha value is -1.35. The predicted molar refractivity (Wildman–Crippen MR) is 78.8 cm³/mol. The molecule has 1 aliphatic carbocycles. The first kappa shape index (κ1) is 15.0.